The van der Waals surface area contributed by atoms with Crippen LogP contribution in [0.4, 0.5) is 0 Å². The fourth-order valence-corrected chi connectivity index (χ4v) is 0.800. The van der Waals surface area contributed by atoms with Crippen molar-refractivity contribution >= 4 is 0 Å². The number of hydrogen-bond donors (Lipinski definition) is 3. The summed E-state index contributed by atoms with van der Waals surface area (Å²) in [7, 11) is 0. The second-order valence-electron chi connectivity index (χ2n) is 2.63. The number of aliphatic hydroxyl groups is 1. The molecule has 2 atom stereocenters. The molecule has 3 heteroatoms. The van der Waals surface area contributed by atoms with Gasteiger partial charge in [-0.15, -0.1) is 0 Å². The van der Waals surface area contributed by atoms with Crippen molar-refractivity contribution in [3.8, 4) is 0 Å². The Balaban J connectivity index is 3.69. The summed E-state index contributed by atoms with van der Waals surface area (Å²) in [6.07, 6.45) is 0.999. The van der Waals surface area contributed by atoms with E-state index in [4.69, 9.17) is 11.5 Å². The highest BCUT2D eigenvalue weighted by Gasteiger charge is 2.18. The topological polar surface area (TPSA) is 72.3 Å². The molecule has 0 aliphatic rings. The van der Waals surface area contributed by atoms with Crippen LogP contribution in [0.25, 0.3) is 0 Å². The summed E-state index contributed by atoms with van der Waals surface area (Å²) >= 11 is 0. The van der Waals surface area contributed by atoms with Gasteiger partial charge < -0.3 is 16.6 Å². The summed E-state index contributed by atoms with van der Waals surface area (Å²) in [6, 6.07) is -0.343. The average molecular weight is 146 g/mol. The minimum atomic E-state index is -0.546. The second kappa shape index (κ2) is 4.66. The van der Waals surface area contributed by atoms with E-state index < -0.39 is 6.10 Å². The Kier molecular flexibility index (Phi) is 4.60. The Labute approximate surface area is 62.4 Å². The highest BCUT2D eigenvalue weighted by atomic mass is 16.3. The van der Waals surface area contributed by atoms with Gasteiger partial charge in [0.05, 0.1) is 6.10 Å². The molecule has 0 amide bonds. The molecule has 0 aliphatic heterocycles. The Hall–Kier alpha value is -0.120. The molecule has 0 fully saturated rings. The number of hydrogen-bond acceptors (Lipinski definition) is 3. The Bertz CT molecular complexity index is 77.7. The van der Waals surface area contributed by atoms with E-state index in [0.717, 1.165) is 12.8 Å². The first-order valence-electron chi connectivity index (χ1n) is 3.82. The van der Waals surface area contributed by atoms with E-state index in [-0.39, 0.29) is 12.1 Å². The molecule has 0 bridgehead atoms. The van der Waals surface area contributed by atoms with Gasteiger partial charge in [-0.1, -0.05) is 13.8 Å². The third-order valence-corrected chi connectivity index (χ3v) is 1.82. The van der Waals surface area contributed by atoms with Crippen LogP contribution >= 0.6 is 0 Å². The van der Waals surface area contributed by atoms with Crippen molar-refractivity contribution in [2.45, 2.75) is 44.9 Å². The minimum absolute atomic E-state index is 0.171. The van der Waals surface area contributed by atoms with Gasteiger partial charge >= 0.3 is 0 Å². The van der Waals surface area contributed by atoms with E-state index in [1.54, 1.807) is 0 Å². The van der Waals surface area contributed by atoms with Crippen LogP contribution in [0.3, 0.4) is 0 Å². The number of rotatable bonds is 4. The molecule has 3 nitrogen and oxygen atoms in total. The maximum Gasteiger partial charge on any atom is 0.0841 e. The van der Waals surface area contributed by atoms with E-state index in [1.807, 2.05) is 13.8 Å². The highest BCUT2D eigenvalue weighted by Crippen LogP contribution is 2.01. The van der Waals surface area contributed by atoms with Crippen molar-refractivity contribution in [3.63, 3.8) is 0 Å². The predicted octanol–water partition coefficient (Wildman–Crippen LogP) is -0.178. The number of nitrogens with two attached hydrogens (primary N) is 2. The van der Waals surface area contributed by atoms with Gasteiger partial charge in [-0.25, -0.2) is 0 Å². The fraction of sp³-hybridized carbons (Fsp3) is 1.00. The Morgan fingerprint density at radius 3 is 1.60 bits per heavy atom. The minimum Gasteiger partial charge on any atom is -0.390 e. The molecule has 0 spiro atoms. The lowest BCUT2D eigenvalue weighted by Gasteiger charge is -2.22. The van der Waals surface area contributed by atoms with Crippen molar-refractivity contribution in [3.05, 3.63) is 0 Å². The lowest BCUT2D eigenvalue weighted by Crippen LogP contribution is -2.46. The smallest absolute Gasteiger partial charge is 0.0841 e. The molecule has 0 saturated carbocycles. The molecular formula is C7H18N2O. The van der Waals surface area contributed by atoms with Gasteiger partial charge in [0.15, 0.2) is 0 Å². The molecule has 2 unspecified atom stereocenters. The first kappa shape index (κ1) is 9.88. The average Bonchev–Trinajstić information content (AvgIpc) is 2.00. The fourth-order valence-electron chi connectivity index (χ4n) is 0.800. The summed E-state index contributed by atoms with van der Waals surface area (Å²) in [5.41, 5.74) is 11.1. The normalized spacial score (nSPS) is 20.1. The van der Waals surface area contributed by atoms with E-state index in [0.29, 0.717) is 0 Å². The van der Waals surface area contributed by atoms with Gasteiger partial charge in [0, 0.05) is 12.1 Å². The molecule has 10 heavy (non-hydrogen) atoms. The molecule has 0 radical (unpaired) electrons. The Morgan fingerprint density at radius 1 is 1.10 bits per heavy atom. The van der Waals surface area contributed by atoms with Crippen molar-refractivity contribution in [2.75, 3.05) is 0 Å². The van der Waals surface area contributed by atoms with E-state index in [2.05, 4.69) is 0 Å². The van der Waals surface area contributed by atoms with Crippen LogP contribution in [0.2, 0.25) is 0 Å². The van der Waals surface area contributed by atoms with Gasteiger partial charge in [0.1, 0.15) is 0 Å². The van der Waals surface area contributed by atoms with E-state index in [1.165, 1.54) is 0 Å². The van der Waals surface area contributed by atoms with Gasteiger partial charge in [-0.05, 0) is 12.8 Å². The molecule has 0 aromatic heterocycles. The zero-order valence-electron chi connectivity index (χ0n) is 6.75. The van der Waals surface area contributed by atoms with Gasteiger partial charge in [-0.2, -0.15) is 0 Å². The van der Waals surface area contributed by atoms with Gasteiger partial charge in [-0.3, -0.25) is 0 Å². The zero-order chi connectivity index (χ0) is 8.15. The maximum atomic E-state index is 9.34. The molecule has 0 saturated heterocycles. The van der Waals surface area contributed by atoms with Crippen LogP contribution < -0.4 is 11.5 Å². The molecule has 0 rings (SSSR count). The van der Waals surface area contributed by atoms with Crippen molar-refractivity contribution in [1.29, 1.82) is 0 Å². The zero-order valence-corrected chi connectivity index (χ0v) is 6.75. The monoisotopic (exact) mass is 146 g/mol. The van der Waals surface area contributed by atoms with Crippen LogP contribution in [0, 0.1) is 0 Å². The summed E-state index contributed by atoms with van der Waals surface area (Å²) < 4.78 is 0. The molecule has 0 aromatic rings. The van der Waals surface area contributed by atoms with Crippen LogP contribution in [0.1, 0.15) is 26.7 Å². The van der Waals surface area contributed by atoms with Crippen LogP contribution in [0.5, 0.6) is 0 Å². The largest absolute Gasteiger partial charge is 0.390 e. The summed E-state index contributed by atoms with van der Waals surface area (Å²) in [5.74, 6) is 0. The van der Waals surface area contributed by atoms with Crippen LogP contribution in [-0.2, 0) is 0 Å². The maximum absolute atomic E-state index is 9.34. The molecule has 0 aromatic carbocycles. The third-order valence-electron chi connectivity index (χ3n) is 1.82. The van der Waals surface area contributed by atoms with Crippen molar-refractivity contribution < 1.29 is 5.11 Å². The molecule has 62 valence electrons. The van der Waals surface area contributed by atoms with Gasteiger partial charge in [0.2, 0.25) is 0 Å². The lowest BCUT2D eigenvalue weighted by molar-refractivity contribution is 0.113. The molecular weight excluding hydrogens is 128 g/mol. The number of aliphatic hydroxyl groups excluding tert-OH is 1. The predicted molar refractivity (Wildman–Crippen MR) is 42.5 cm³/mol. The highest BCUT2D eigenvalue weighted by molar-refractivity contribution is 4.79. The summed E-state index contributed by atoms with van der Waals surface area (Å²) in [6.45, 7) is 3.88. The lowest BCUT2D eigenvalue weighted by atomic mass is 10.0. The van der Waals surface area contributed by atoms with Gasteiger partial charge in [0.25, 0.3) is 0 Å². The van der Waals surface area contributed by atoms with E-state index >= 15 is 0 Å². The van der Waals surface area contributed by atoms with E-state index in [9.17, 15) is 5.11 Å². The standard InChI is InChI=1S/C7H18N2O/c1-3-5(8)7(10)6(9)4-2/h5-7,10H,3-4,8-9H2,1-2H3. The van der Waals surface area contributed by atoms with Crippen LogP contribution in [-0.4, -0.2) is 23.3 Å². The van der Waals surface area contributed by atoms with Crippen molar-refractivity contribution in [1.82, 2.24) is 0 Å². The third kappa shape index (κ3) is 2.64. The molecule has 0 aliphatic carbocycles. The quantitative estimate of drug-likeness (QED) is 0.515. The Morgan fingerprint density at radius 2 is 1.40 bits per heavy atom. The SMILES string of the molecule is CCC(N)C(O)C(N)CC. The molecule has 0 heterocycles. The summed E-state index contributed by atoms with van der Waals surface area (Å²) in [4.78, 5) is 0. The molecule has 5 N–H and O–H groups in total. The second-order valence-corrected chi connectivity index (χ2v) is 2.63. The van der Waals surface area contributed by atoms with Crippen LogP contribution in [0.15, 0.2) is 0 Å². The van der Waals surface area contributed by atoms with Crippen molar-refractivity contribution in [2.24, 2.45) is 11.5 Å². The first-order chi connectivity index (χ1) is 4.63. The summed E-state index contributed by atoms with van der Waals surface area (Å²) in [5, 5.41) is 9.34. The first-order valence-corrected chi connectivity index (χ1v) is 3.82.